The van der Waals surface area contributed by atoms with Crippen LogP contribution in [0.25, 0.3) is 0 Å². The molecule has 164 valence electrons. The van der Waals surface area contributed by atoms with Crippen molar-refractivity contribution in [3.05, 3.63) is 54.2 Å². The van der Waals surface area contributed by atoms with Crippen molar-refractivity contribution in [2.24, 2.45) is 10.7 Å². The van der Waals surface area contributed by atoms with Crippen LogP contribution >= 0.6 is 24.0 Å². The molecule has 1 fully saturated rings. The number of guanidine groups is 1. The zero-order valence-electron chi connectivity index (χ0n) is 17.1. The largest absolute Gasteiger partial charge is 0.370 e. The summed E-state index contributed by atoms with van der Waals surface area (Å²) in [5.41, 5.74) is 7.94. The highest BCUT2D eigenvalue weighted by Crippen LogP contribution is 2.15. The fourth-order valence-corrected chi connectivity index (χ4v) is 4.50. The Morgan fingerprint density at radius 1 is 1.17 bits per heavy atom. The molecule has 2 heterocycles. The van der Waals surface area contributed by atoms with Gasteiger partial charge < -0.3 is 16.0 Å². The maximum Gasteiger partial charge on any atom is 0.216 e. The number of halogens is 1. The van der Waals surface area contributed by atoms with Gasteiger partial charge in [0, 0.05) is 38.1 Å². The van der Waals surface area contributed by atoms with Crippen LogP contribution in [0.3, 0.4) is 0 Å². The van der Waals surface area contributed by atoms with Crippen molar-refractivity contribution in [2.75, 3.05) is 48.7 Å². The predicted molar refractivity (Wildman–Crippen MR) is 133 cm³/mol. The van der Waals surface area contributed by atoms with Crippen molar-refractivity contribution in [1.29, 1.82) is 0 Å². The molecule has 3 rings (SSSR count). The number of rotatable bonds is 7. The van der Waals surface area contributed by atoms with E-state index >= 15 is 0 Å². The van der Waals surface area contributed by atoms with E-state index in [2.05, 4.69) is 27.1 Å². The number of anilines is 2. The SMILES string of the molecule is CCc1cccc(NC(N)=NCCS(=O)(=O)N2CCN(c3ccccn3)CC2)c1.I. The second-order valence-electron chi connectivity index (χ2n) is 6.84. The van der Waals surface area contributed by atoms with Crippen LogP contribution in [0.1, 0.15) is 12.5 Å². The molecule has 30 heavy (non-hydrogen) atoms. The molecule has 1 aromatic carbocycles. The Hall–Kier alpha value is -1.92. The number of nitrogens with two attached hydrogens (primary N) is 1. The van der Waals surface area contributed by atoms with Crippen LogP contribution in [0.5, 0.6) is 0 Å². The first-order valence-electron chi connectivity index (χ1n) is 9.77. The van der Waals surface area contributed by atoms with Crippen LogP contribution in [-0.4, -0.2) is 62.1 Å². The van der Waals surface area contributed by atoms with Gasteiger partial charge in [-0.05, 0) is 36.2 Å². The van der Waals surface area contributed by atoms with E-state index in [1.54, 1.807) is 6.20 Å². The summed E-state index contributed by atoms with van der Waals surface area (Å²) in [5.74, 6) is 1.03. The minimum Gasteiger partial charge on any atom is -0.370 e. The number of aromatic nitrogens is 1. The number of piperazine rings is 1. The second kappa shape index (κ2) is 11.5. The number of pyridine rings is 1. The van der Waals surface area contributed by atoms with E-state index in [-0.39, 0.29) is 42.2 Å². The summed E-state index contributed by atoms with van der Waals surface area (Å²) >= 11 is 0. The second-order valence-corrected chi connectivity index (χ2v) is 8.92. The molecule has 0 atom stereocenters. The molecule has 8 nitrogen and oxygen atoms in total. The van der Waals surface area contributed by atoms with Crippen molar-refractivity contribution in [3.63, 3.8) is 0 Å². The maximum atomic E-state index is 12.6. The molecule has 1 aliphatic heterocycles. The molecule has 0 bridgehead atoms. The number of hydrogen-bond donors (Lipinski definition) is 2. The lowest BCUT2D eigenvalue weighted by Crippen LogP contribution is -2.49. The molecule has 0 radical (unpaired) electrons. The van der Waals surface area contributed by atoms with E-state index in [4.69, 9.17) is 5.73 Å². The minimum atomic E-state index is -3.37. The fraction of sp³-hybridized carbons (Fsp3) is 0.400. The fourth-order valence-electron chi connectivity index (χ4n) is 3.20. The van der Waals surface area contributed by atoms with Crippen molar-refractivity contribution in [3.8, 4) is 0 Å². The van der Waals surface area contributed by atoms with Crippen LogP contribution in [0.15, 0.2) is 53.7 Å². The van der Waals surface area contributed by atoms with Crippen LogP contribution < -0.4 is 16.0 Å². The summed E-state index contributed by atoms with van der Waals surface area (Å²) in [4.78, 5) is 10.6. The van der Waals surface area contributed by atoms with E-state index in [1.165, 1.54) is 9.87 Å². The van der Waals surface area contributed by atoms with E-state index in [0.29, 0.717) is 26.2 Å². The first kappa shape index (κ1) is 24.4. The topological polar surface area (TPSA) is 104 Å². The van der Waals surface area contributed by atoms with Crippen LogP contribution in [-0.2, 0) is 16.4 Å². The van der Waals surface area contributed by atoms with Gasteiger partial charge in [-0.25, -0.2) is 13.4 Å². The van der Waals surface area contributed by atoms with Crippen molar-refractivity contribution in [2.45, 2.75) is 13.3 Å². The van der Waals surface area contributed by atoms with Gasteiger partial charge >= 0.3 is 0 Å². The van der Waals surface area contributed by atoms with E-state index in [9.17, 15) is 8.42 Å². The highest BCUT2D eigenvalue weighted by Gasteiger charge is 2.26. The molecule has 1 aliphatic rings. The molecule has 10 heteroatoms. The molecular weight excluding hydrogens is 515 g/mol. The van der Waals surface area contributed by atoms with Gasteiger partial charge in [0.15, 0.2) is 5.96 Å². The number of aliphatic imine (C=N–C) groups is 1. The number of benzene rings is 1. The molecule has 0 amide bonds. The van der Waals surface area contributed by atoms with Gasteiger partial charge in [0.2, 0.25) is 10.0 Å². The average Bonchev–Trinajstić information content (AvgIpc) is 2.74. The lowest BCUT2D eigenvalue weighted by Gasteiger charge is -2.34. The summed E-state index contributed by atoms with van der Waals surface area (Å²) in [6.07, 6.45) is 2.67. The third kappa shape index (κ3) is 6.81. The normalized spacial score (nSPS) is 15.5. The van der Waals surface area contributed by atoms with Gasteiger partial charge in [0.05, 0.1) is 12.3 Å². The van der Waals surface area contributed by atoms with Gasteiger partial charge in [0.25, 0.3) is 0 Å². The summed E-state index contributed by atoms with van der Waals surface area (Å²) in [7, 11) is -3.37. The van der Waals surface area contributed by atoms with Crippen molar-refractivity contribution >= 4 is 51.5 Å². The van der Waals surface area contributed by atoms with Crippen LogP contribution in [0, 0.1) is 0 Å². The quantitative estimate of drug-likeness (QED) is 0.315. The van der Waals surface area contributed by atoms with E-state index in [0.717, 1.165) is 17.9 Å². The van der Waals surface area contributed by atoms with E-state index in [1.807, 2.05) is 42.5 Å². The number of aryl methyl sites for hydroxylation is 1. The third-order valence-electron chi connectivity index (χ3n) is 4.84. The molecule has 3 N–H and O–H groups in total. The van der Waals surface area contributed by atoms with Gasteiger partial charge in [-0.2, -0.15) is 4.31 Å². The molecule has 0 spiro atoms. The standard InChI is InChI=1S/C20H28N6O2S.HI/c1-2-17-6-5-7-18(16-17)24-20(21)23-10-15-29(27,28)26-13-11-25(12-14-26)19-8-3-4-9-22-19;/h3-9,16H,2,10-15H2,1H3,(H3,21,23,24);1H. The van der Waals surface area contributed by atoms with E-state index < -0.39 is 10.0 Å². The molecule has 0 saturated carbocycles. The number of nitrogens with zero attached hydrogens (tertiary/aromatic N) is 4. The third-order valence-corrected chi connectivity index (χ3v) is 6.69. The number of sulfonamides is 1. The molecule has 1 aromatic heterocycles. The molecule has 1 saturated heterocycles. The lowest BCUT2D eigenvalue weighted by atomic mass is 10.1. The molecule has 0 aliphatic carbocycles. The zero-order chi connectivity index (χ0) is 20.7. The Labute approximate surface area is 195 Å². The zero-order valence-corrected chi connectivity index (χ0v) is 20.2. The molecule has 2 aromatic rings. The Balaban J connectivity index is 0.00000320. The Morgan fingerprint density at radius 3 is 2.60 bits per heavy atom. The first-order chi connectivity index (χ1) is 14.0. The predicted octanol–water partition coefficient (Wildman–Crippen LogP) is 2.14. The summed E-state index contributed by atoms with van der Waals surface area (Å²) in [5, 5.41) is 3.01. The summed E-state index contributed by atoms with van der Waals surface area (Å²) in [6.45, 7) is 4.33. The van der Waals surface area contributed by atoms with Gasteiger partial charge in [0.1, 0.15) is 5.82 Å². The highest BCUT2D eigenvalue weighted by atomic mass is 127. The Bertz CT molecular complexity index is 931. The highest BCUT2D eigenvalue weighted by molar-refractivity contribution is 14.0. The number of hydrogen-bond acceptors (Lipinski definition) is 5. The smallest absolute Gasteiger partial charge is 0.216 e. The Morgan fingerprint density at radius 2 is 1.93 bits per heavy atom. The Kier molecular flexibility index (Phi) is 9.31. The molecular formula is C20H29IN6O2S. The van der Waals surface area contributed by atoms with Crippen LogP contribution in [0.2, 0.25) is 0 Å². The summed E-state index contributed by atoms with van der Waals surface area (Å²) < 4.78 is 26.8. The first-order valence-corrected chi connectivity index (χ1v) is 11.4. The van der Waals surface area contributed by atoms with Gasteiger partial charge in [-0.15, -0.1) is 24.0 Å². The minimum absolute atomic E-state index is 0. The van der Waals surface area contributed by atoms with Crippen LogP contribution in [0.4, 0.5) is 11.5 Å². The van der Waals surface area contributed by atoms with Gasteiger partial charge in [-0.1, -0.05) is 25.1 Å². The average molecular weight is 544 g/mol. The maximum absolute atomic E-state index is 12.6. The molecule has 0 unspecified atom stereocenters. The summed E-state index contributed by atoms with van der Waals surface area (Å²) in [6, 6.07) is 13.6. The monoisotopic (exact) mass is 544 g/mol. The van der Waals surface area contributed by atoms with Gasteiger partial charge in [-0.3, -0.25) is 4.99 Å². The number of nitrogens with one attached hydrogen (secondary N) is 1. The lowest BCUT2D eigenvalue weighted by molar-refractivity contribution is 0.384. The van der Waals surface area contributed by atoms with Crippen molar-refractivity contribution < 1.29 is 8.42 Å². The van der Waals surface area contributed by atoms with Crippen molar-refractivity contribution in [1.82, 2.24) is 9.29 Å².